The minimum atomic E-state index is -0.405. The summed E-state index contributed by atoms with van der Waals surface area (Å²) in [5.41, 5.74) is 1.41. The summed E-state index contributed by atoms with van der Waals surface area (Å²) in [7, 11) is 1.69. The smallest absolute Gasteiger partial charge is 0.321 e. The van der Waals surface area contributed by atoms with E-state index in [4.69, 9.17) is 4.98 Å². The highest BCUT2D eigenvalue weighted by molar-refractivity contribution is 5.71. The van der Waals surface area contributed by atoms with E-state index in [0.29, 0.717) is 17.1 Å². The topological polar surface area (TPSA) is 72.7 Å². The third-order valence-electron chi connectivity index (χ3n) is 7.54. The first-order chi connectivity index (χ1) is 14.5. The predicted octanol–water partition coefficient (Wildman–Crippen LogP) is 3.72. The number of benzene rings is 1. The molecule has 2 fully saturated rings. The lowest BCUT2D eigenvalue weighted by Gasteiger charge is -2.42. The Hall–Kier alpha value is -2.63. The molecular weight excluding hydrogens is 376 g/mol. The number of hydrogen-bond donors (Lipinski definition) is 1. The van der Waals surface area contributed by atoms with Crippen LogP contribution in [0.5, 0.6) is 0 Å². The zero-order valence-electron chi connectivity index (χ0n) is 17.9. The van der Waals surface area contributed by atoms with Gasteiger partial charge in [-0.1, -0.05) is 56.5 Å². The molecule has 2 saturated carbocycles. The summed E-state index contributed by atoms with van der Waals surface area (Å²) in [5, 5.41) is 0. The van der Waals surface area contributed by atoms with Crippen molar-refractivity contribution in [2.24, 2.45) is 18.9 Å². The second-order valence-corrected chi connectivity index (χ2v) is 9.46. The Balaban J connectivity index is 1.71. The van der Waals surface area contributed by atoms with Gasteiger partial charge < -0.3 is 4.57 Å². The standard InChI is InChI=1S/C24H30N4O2/c1-16-9-11-17(12-10-16)15-28-19-20(27(2)23(30)26-21(19)29)25-22(28)24(13-6-14-24)18-7-4-3-5-8-18/h3-5,7-8,16-17H,6,9-15H2,1-2H3,(H,26,29,30)/t16-,17-. The SMILES string of the molecule is Cn1c(=O)[nH]c(=O)c2c1nc(C1(c3ccccc3)CCC1)n2C[C@H]1CC[C@H](C)CC1. The molecule has 2 heterocycles. The van der Waals surface area contributed by atoms with Gasteiger partial charge in [-0.15, -0.1) is 0 Å². The summed E-state index contributed by atoms with van der Waals surface area (Å²) in [6.45, 7) is 3.13. The van der Waals surface area contributed by atoms with Crippen LogP contribution in [0.1, 0.15) is 63.3 Å². The van der Waals surface area contributed by atoms with Crippen LogP contribution in [0, 0.1) is 11.8 Å². The van der Waals surface area contributed by atoms with Crippen molar-refractivity contribution in [2.45, 2.75) is 63.8 Å². The van der Waals surface area contributed by atoms with E-state index in [1.54, 1.807) is 7.05 Å². The Morgan fingerprint density at radius 2 is 1.80 bits per heavy atom. The molecule has 0 saturated heterocycles. The molecule has 0 spiro atoms. The Morgan fingerprint density at radius 1 is 1.10 bits per heavy atom. The summed E-state index contributed by atoms with van der Waals surface area (Å²) in [4.78, 5) is 32.7. The maximum atomic E-state index is 12.9. The Kier molecular flexibility index (Phi) is 4.68. The van der Waals surface area contributed by atoms with Gasteiger partial charge in [0.1, 0.15) is 5.82 Å². The number of hydrogen-bond acceptors (Lipinski definition) is 3. The molecule has 0 bridgehead atoms. The number of aromatic nitrogens is 4. The molecule has 0 amide bonds. The Morgan fingerprint density at radius 3 is 2.43 bits per heavy atom. The monoisotopic (exact) mass is 406 g/mol. The van der Waals surface area contributed by atoms with E-state index >= 15 is 0 Å². The van der Waals surface area contributed by atoms with Crippen molar-refractivity contribution >= 4 is 11.2 Å². The van der Waals surface area contributed by atoms with Gasteiger partial charge in [-0.3, -0.25) is 14.3 Å². The molecule has 2 aliphatic carbocycles. The third kappa shape index (κ3) is 2.96. The fourth-order valence-corrected chi connectivity index (χ4v) is 5.48. The second kappa shape index (κ2) is 7.25. The van der Waals surface area contributed by atoms with E-state index in [2.05, 4.69) is 40.7 Å². The summed E-state index contributed by atoms with van der Waals surface area (Å²) < 4.78 is 3.65. The molecular formula is C24H30N4O2. The van der Waals surface area contributed by atoms with Crippen LogP contribution in [-0.2, 0) is 19.0 Å². The van der Waals surface area contributed by atoms with Gasteiger partial charge in [0.25, 0.3) is 5.56 Å². The van der Waals surface area contributed by atoms with Gasteiger partial charge in [-0.05, 0) is 43.1 Å². The first kappa shape index (κ1) is 19.3. The number of imidazole rings is 1. The van der Waals surface area contributed by atoms with Crippen LogP contribution in [0.2, 0.25) is 0 Å². The van der Waals surface area contributed by atoms with Crippen LogP contribution < -0.4 is 11.2 Å². The molecule has 2 aromatic heterocycles. The minimum Gasteiger partial charge on any atom is -0.321 e. The number of fused-ring (bicyclic) bond motifs is 1. The lowest BCUT2D eigenvalue weighted by Crippen LogP contribution is -2.39. The van der Waals surface area contributed by atoms with E-state index in [1.807, 2.05) is 6.07 Å². The van der Waals surface area contributed by atoms with Gasteiger partial charge in [-0.2, -0.15) is 0 Å². The van der Waals surface area contributed by atoms with Crippen LogP contribution in [-0.4, -0.2) is 19.1 Å². The number of aryl methyl sites for hydroxylation is 1. The average molecular weight is 407 g/mol. The van der Waals surface area contributed by atoms with Gasteiger partial charge in [0.2, 0.25) is 0 Å². The number of rotatable bonds is 4. The number of nitrogens with one attached hydrogen (secondary N) is 1. The van der Waals surface area contributed by atoms with Gasteiger partial charge in [-0.25, -0.2) is 9.78 Å². The molecule has 3 aromatic rings. The fourth-order valence-electron chi connectivity index (χ4n) is 5.48. The third-order valence-corrected chi connectivity index (χ3v) is 7.54. The Bertz CT molecular complexity index is 1180. The first-order valence-electron chi connectivity index (χ1n) is 11.2. The summed E-state index contributed by atoms with van der Waals surface area (Å²) in [6, 6.07) is 10.5. The lowest BCUT2D eigenvalue weighted by atomic mass is 9.63. The molecule has 1 aromatic carbocycles. The van der Waals surface area contributed by atoms with Crippen molar-refractivity contribution < 1.29 is 0 Å². The van der Waals surface area contributed by atoms with Crippen molar-refractivity contribution in [1.29, 1.82) is 0 Å². The highest BCUT2D eigenvalue weighted by Crippen LogP contribution is 2.49. The number of aromatic amines is 1. The zero-order chi connectivity index (χ0) is 20.9. The van der Waals surface area contributed by atoms with Gasteiger partial charge in [0.05, 0.1) is 5.41 Å². The van der Waals surface area contributed by atoms with Gasteiger partial charge >= 0.3 is 5.69 Å². The molecule has 0 unspecified atom stereocenters. The molecule has 30 heavy (non-hydrogen) atoms. The second-order valence-electron chi connectivity index (χ2n) is 9.46. The molecule has 6 nitrogen and oxygen atoms in total. The number of H-pyrrole nitrogens is 1. The highest BCUT2D eigenvalue weighted by atomic mass is 16.2. The maximum Gasteiger partial charge on any atom is 0.329 e. The van der Waals surface area contributed by atoms with Crippen molar-refractivity contribution in [3.05, 3.63) is 62.6 Å². The van der Waals surface area contributed by atoms with E-state index in [9.17, 15) is 9.59 Å². The van der Waals surface area contributed by atoms with Crippen LogP contribution in [0.25, 0.3) is 11.2 Å². The summed E-state index contributed by atoms with van der Waals surface area (Å²) in [5.74, 6) is 2.29. The van der Waals surface area contributed by atoms with E-state index in [-0.39, 0.29) is 11.0 Å². The molecule has 0 atom stereocenters. The predicted molar refractivity (Wildman–Crippen MR) is 118 cm³/mol. The van der Waals surface area contributed by atoms with Crippen molar-refractivity contribution in [3.63, 3.8) is 0 Å². The maximum absolute atomic E-state index is 12.9. The molecule has 2 aliphatic rings. The largest absolute Gasteiger partial charge is 0.329 e. The van der Waals surface area contributed by atoms with Crippen molar-refractivity contribution in [1.82, 2.24) is 19.1 Å². The van der Waals surface area contributed by atoms with E-state index in [1.165, 1.54) is 35.8 Å². The van der Waals surface area contributed by atoms with E-state index < -0.39 is 5.69 Å². The van der Waals surface area contributed by atoms with Crippen LogP contribution in [0.4, 0.5) is 0 Å². The van der Waals surface area contributed by atoms with Crippen LogP contribution in [0.15, 0.2) is 39.9 Å². The number of nitrogens with zero attached hydrogens (tertiary/aromatic N) is 3. The Labute approximate surface area is 176 Å². The first-order valence-corrected chi connectivity index (χ1v) is 11.2. The average Bonchev–Trinajstić information content (AvgIpc) is 3.08. The minimum absolute atomic E-state index is 0.176. The molecule has 0 radical (unpaired) electrons. The van der Waals surface area contributed by atoms with Gasteiger partial charge in [0.15, 0.2) is 11.2 Å². The van der Waals surface area contributed by atoms with Crippen LogP contribution in [0.3, 0.4) is 0 Å². The molecule has 1 N–H and O–H groups in total. The van der Waals surface area contributed by atoms with Gasteiger partial charge in [0, 0.05) is 13.6 Å². The molecule has 0 aliphatic heterocycles. The van der Waals surface area contributed by atoms with Crippen molar-refractivity contribution in [3.8, 4) is 0 Å². The fraction of sp³-hybridized carbons (Fsp3) is 0.542. The normalized spacial score (nSPS) is 23.4. The summed E-state index contributed by atoms with van der Waals surface area (Å²) >= 11 is 0. The summed E-state index contributed by atoms with van der Waals surface area (Å²) in [6.07, 6.45) is 8.04. The van der Waals surface area contributed by atoms with E-state index in [0.717, 1.165) is 37.5 Å². The molecule has 5 rings (SSSR count). The van der Waals surface area contributed by atoms with Crippen molar-refractivity contribution in [2.75, 3.05) is 0 Å². The highest BCUT2D eigenvalue weighted by Gasteiger charge is 2.45. The lowest BCUT2D eigenvalue weighted by molar-refractivity contribution is 0.242. The molecule has 158 valence electrons. The zero-order valence-corrected chi connectivity index (χ0v) is 17.9. The van der Waals surface area contributed by atoms with Crippen LogP contribution >= 0.6 is 0 Å². The quantitative estimate of drug-likeness (QED) is 0.718. The molecule has 6 heteroatoms.